The number of carbonyl (C=O) groups excluding carboxylic acids is 1. The molecule has 0 aliphatic carbocycles. The topological polar surface area (TPSA) is 46.6 Å². The standard InChI is InChI=1S/C18H16ClNO3/c19-17-8-2-1-5-14(17)11-18(21)20(12-15-6-3-9-22-15)13-16-7-4-10-23-16/h1-10H,11-13H2. The smallest absolute Gasteiger partial charge is 0.227 e. The van der Waals surface area contributed by atoms with Gasteiger partial charge in [0, 0.05) is 5.02 Å². The van der Waals surface area contributed by atoms with Crippen LogP contribution in [0.3, 0.4) is 0 Å². The van der Waals surface area contributed by atoms with Gasteiger partial charge in [-0.3, -0.25) is 4.79 Å². The van der Waals surface area contributed by atoms with Gasteiger partial charge in [0.25, 0.3) is 0 Å². The van der Waals surface area contributed by atoms with Gasteiger partial charge in [0.1, 0.15) is 11.5 Å². The van der Waals surface area contributed by atoms with Gasteiger partial charge in [0.15, 0.2) is 0 Å². The highest BCUT2D eigenvalue weighted by molar-refractivity contribution is 6.31. The lowest BCUT2D eigenvalue weighted by molar-refractivity contribution is -0.132. The highest BCUT2D eigenvalue weighted by Gasteiger charge is 2.18. The van der Waals surface area contributed by atoms with Crippen molar-refractivity contribution in [3.8, 4) is 0 Å². The second-order valence-corrected chi connectivity index (χ2v) is 5.58. The third-order valence-electron chi connectivity index (χ3n) is 3.51. The zero-order valence-electron chi connectivity index (χ0n) is 12.4. The van der Waals surface area contributed by atoms with Crippen molar-refractivity contribution < 1.29 is 13.6 Å². The van der Waals surface area contributed by atoms with Gasteiger partial charge < -0.3 is 13.7 Å². The summed E-state index contributed by atoms with van der Waals surface area (Å²) in [5.41, 5.74) is 0.808. The van der Waals surface area contributed by atoms with Crippen LogP contribution in [0, 0.1) is 0 Å². The van der Waals surface area contributed by atoms with Crippen LogP contribution in [0.4, 0.5) is 0 Å². The Morgan fingerprint density at radius 2 is 1.52 bits per heavy atom. The van der Waals surface area contributed by atoms with Gasteiger partial charge in [0.05, 0.1) is 32.0 Å². The minimum atomic E-state index is -0.0362. The first-order chi connectivity index (χ1) is 11.2. The Morgan fingerprint density at radius 3 is 2.04 bits per heavy atom. The van der Waals surface area contributed by atoms with E-state index in [1.54, 1.807) is 35.6 Å². The van der Waals surface area contributed by atoms with Crippen LogP contribution in [0.1, 0.15) is 17.1 Å². The second kappa shape index (κ2) is 7.20. The molecule has 23 heavy (non-hydrogen) atoms. The van der Waals surface area contributed by atoms with E-state index < -0.39 is 0 Å². The number of nitrogens with zero attached hydrogens (tertiary/aromatic N) is 1. The first kappa shape index (κ1) is 15.4. The van der Waals surface area contributed by atoms with Crippen molar-refractivity contribution in [2.45, 2.75) is 19.5 Å². The third kappa shape index (κ3) is 4.05. The van der Waals surface area contributed by atoms with Crippen molar-refractivity contribution in [1.82, 2.24) is 4.90 Å². The summed E-state index contributed by atoms with van der Waals surface area (Å²) in [7, 11) is 0. The lowest BCUT2D eigenvalue weighted by atomic mass is 10.1. The Bertz CT molecular complexity index is 714. The number of furan rings is 2. The van der Waals surface area contributed by atoms with Gasteiger partial charge in [-0.05, 0) is 35.9 Å². The molecule has 5 heteroatoms. The molecule has 0 aliphatic rings. The van der Waals surface area contributed by atoms with E-state index in [0.29, 0.717) is 18.1 Å². The minimum Gasteiger partial charge on any atom is -0.467 e. The molecule has 1 aromatic carbocycles. The van der Waals surface area contributed by atoms with Crippen LogP contribution in [0.25, 0.3) is 0 Å². The molecule has 0 atom stereocenters. The van der Waals surface area contributed by atoms with Crippen LogP contribution < -0.4 is 0 Å². The largest absolute Gasteiger partial charge is 0.467 e. The van der Waals surface area contributed by atoms with Gasteiger partial charge in [0.2, 0.25) is 5.91 Å². The summed E-state index contributed by atoms with van der Waals surface area (Å²) < 4.78 is 10.7. The maximum atomic E-state index is 12.7. The van der Waals surface area contributed by atoms with Gasteiger partial charge in [-0.2, -0.15) is 0 Å². The fraction of sp³-hybridized carbons (Fsp3) is 0.167. The molecule has 118 valence electrons. The molecule has 0 aliphatic heterocycles. The maximum absolute atomic E-state index is 12.7. The van der Waals surface area contributed by atoms with Crippen molar-refractivity contribution >= 4 is 17.5 Å². The molecule has 0 fully saturated rings. The number of benzene rings is 1. The molecule has 3 rings (SSSR count). The van der Waals surface area contributed by atoms with E-state index in [-0.39, 0.29) is 12.3 Å². The van der Waals surface area contributed by atoms with E-state index in [1.165, 1.54) is 0 Å². The lowest BCUT2D eigenvalue weighted by Gasteiger charge is -2.21. The number of amides is 1. The zero-order chi connectivity index (χ0) is 16.1. The fourth-order valence-electron chi connectivity index (χ4n) is 2.33. The molecule has 0 saturated carbocycles. The van der Waals surface area contributed by atoms with Gasteiger partial charge >= 0.3 is 0 Å². The summed E-state index contributed by atoms with van der Waals surface area (Å²) in [4.78, 5) is 14.4. The molecular formula is C18H16ClNO3. The van der Waals surface area contributed by atoms with Gasteiger partial charge in [-0.25, -0.2) is 0 Å². The third-order valence-corrected chi connectivity index (χ3v) is 3.87. The van der Waals surface area contributed by atoms with Gasteiger partial charge in [-0.15, -0.1) is 0 Å². The van der Waals surface area contributed by atoms with Crippen molar-refractivity contribution in [2.24, 2.45) is 0 Å². The van der Waals surface area contributed by atoms with Crippen LogP contribution in [0.2, 0.25) is 5.02 Å². The number of halogens is 1. The van der Waals surface area contributed by atoms with Crippen molar-refractivity contribution in [3.05, 3.63) is 83.2 Å². The number of carbonyl (C=O) groups is 1. The van der Waals surface area contributed by atoms with E-state index in [1.807, 2.05) is 30.3 Å². The Morgan fingerprint density at radius 1 is 0.913 bits per heavy atom. The van der Waals surface area contributed by atoms with Crippen molar-refractivity contribution in [2.75, 3.05) is 0 Å². The van der Waals surface area contributed by atoms with E-state index in [9.17, 15) is 4.79 Å². The molecule has 3 aromatic rings. The number of hydrogen-bond donors (Lipinski definition) is 0. The molecule has 4 nitrogen and oxygen atoms in total. The zero-order valence-corrected chi connectivity index (χ0v) is 13.2. The first-order valence-electron chi connectivity index (χ1n) is 7.28. The predicted molar refractivity (Wildman–Crippen MR) is 86.8 cm³/mol. The van der Waals surface area contributed by atoms with Crippen molar-refractivity contribution in [3.63, 3.8) is 0 Å². The molecule has 0 spiro atoms. The normalized spacial score (nSPS) is 10.7. The Labute approximate surface area is 139 Å². The van der Waals surface area contributed by atoms with E-state index in [2.05, 4.69) is 0 Å². The molecule has 0 unspecified atom stereocenters. The van der Waals surface area contributed by atoms with Gasteiger partial charge in [-0.1, -0.05) is 29.8 Å². The van der Waals surface area contributed by atoms with Crippen molar-refractivity contribution in [1.29, 1.82) is 0 Å². The summed E-state index contributed by atoms with van der Waals surface area (Å²) in [6.45, 7) is 0.772. The summed E-state index contributed by atoms with van der Waals surface area (Å²) in [5, 5.41) is 0.594. The number of rotatable bonds is 6. The SMILES string of the molecule is O=C(Cc1ccccc1Cl)N(Cc1ccco1)Cc1ccco1. The minimum absolute atomic E-state index is 0.0362. The number of hydrogen-bond acceptors (Lipinski definition) is 3. The maximum Gasteiger partial charge on any atom is 0.227 e. The van der Waals surface area contributed by atoms with Crippen LogP contribution >= 0.6 is 11.6 Å². The summed E-state index contributed by atoms with van der Waals surface area (Å²) in [6, 6.07) is 14.7. The van der Waals surface area contributed by atoms with E-state index in [4.69, 9.17) is 20.4 Å². The molecule has 1 amide bonds. The fourth-order valence-corrected chi connectivity index (χ4v) is 2.53. The Balaban J connectivity index is 1.76. The molecule has 0 N–H and O–H groups in total. The molecule has 0 radical (unpaired) electrons. The molecular weight excluding hydrogens is 314 g/mol. The monoisotopic (exact) mass is 329 g/mol. The highest BCUT2D eigenvalue weighted by atomic mass is 35.5. The Kier molecular flexibility index (Phi) is 4.83. The van der Waals surface area contributed by atoms with E-state index >= 15 is 0 Å². The van der Waals surface area contributed by atoms with Crippen LogP contribution in [0.15, 0.2) is 69.9 Å². The van der Waals surface area contributed by atoms with Crippen LogP contribution in [-0.4, -0.2) is 10.8 Å². The molecule has 0 saturated heterocycles. The van der Waals surface area contributed by atoms with Crippen LogP contribution in [-0.2, 0) is 24.3 Å². The average molecular weight is 330 g/mol. The second-order valence-electron chi connectivity index (χ2n) is 5.18. The Hall–Kier alpha value is -2.46. The predicted octanol–water partition coefficient (Wildman–Crippen LogP) is 4.30. The quantitative estimate of drug-likeness (QED) is 0.677. The molecule has 2 heterocycles. The highest BCUT2D eigenvalue weighted by Crippen LogP contribution is 2.18. The van der Waals surface area contributed by atoms with E-state index in [0.717, 1.165) is 17.1 Å². The lowest BCUT2D eigenvalue weighted by Crippen LogP contribution is -2.31. The summed E-state index contributed by atoms with van der Waals surface area (Å²) in [6.07, 6.45) is 3.43. The molecule has 0 bridgehead atoms. The van der Waals surface area contributed by atoms with Crippen LogP contribution in [0.5, 0.6) is 0 Å². The first-order valence-corrected chi connectivity index (χ1v) is 7.66. The summed E-state index contributed by atoms with van der Waals surface area (Å²) >= 11 is 6.15. The molecule has 2 aromatic heterocycles. The average Bonchev–Trinajstić information content (AvgIpc) is 3.22. The summed E-state index contributed by atoms with van der Waals surface area (Å²) in [5.74, 6) is 1.42.